The minimum atomic E-state index is -0.120. The van der Waals surface area contributed by atoms with Crippen molar-refractivity contribution in [2.75, 3.05) is 5.32 Å². The van der Waals surface area contributed by atoms with Crippen LogP contribution in [0.15, 0.2) is 54.6 Å². The van der Waals surface area contributed by atoms with Crippen LogP contribution in [0, 0.1) is 20.8 Å². The predicted octanol–water partition coefficient (Wildman–Crippen LogP) is 5.29. The molecule has 1 atom stereocenters. The van der Waals surface area contributed by atoms with E-state index in [-0.39, 0.29) is 11.8 Å². The fourth-order valence-corrected chi connectivity index (χ4v) is 4.58. The first-order valence-electron chi connectivity index (χ1n) is 11.1. The van der Waals surface area contributed by atoms with Gasteiger partial charge in [-0.25, -0.2) is 9.97 Å². The van der Waals surface area contributed by atoms with E-state index in [9.17, 15) is 4.79 Å². The van der Waals surface area contributed by atoms with E-state index in [0.717, 1.165) is 39.5 Å². The molecular formula is C26H24ClN5O2. The number of aryl methyl sites for hydroxylation is 3. The number of anilines is 1. The summed E-state index contributed by atoms with van der Waals surface area (Å²) < 4.78 is 7.55. The van der Waals surface area contributed by atoms with Crippen LogP contribution in [0.4, 0.5) is 5.82 Å². The molecule has 0 saturated heterocycles. The molecule has 172 valence electrons. The van der Waals surface area contributed by atoms with Crippen molar-refractivity contribution in [3.63, 3.8) is 0 Å². The third kappa shape index (κ3) is 4.39. The Morgan fingerprint density at radius 2 is 1.79 bits per heavy atom. The molecule has 5 rings (SSSR count). The molecule has 34 heavy (non-hydrogen) atoms. The van der Waals surface area contributed by atoms with E-state index in [2.05, 4.69) is 20.4 Å². The maximum atomic E-state index is 12.7. The summed E-state index contributed by atoms with van der Waals surface area (Å²) >= 11 is 6.05. The van der Waals surface area contributed by atoms with Crippen molar-refractivity contribution in [3.8, 4) is 11.7 Å². The van der Waals surface area contributed by atoms with Gasteiger partial charge in [0.2, 0.25) is 5.91 Å². The molecule has 8 heteroatoms. The van der Waals surface area contributed by atoms with Crippen LogP contribution < -0.4 is 10.1 Å². The molecule has 1 unspecified atom stereocenters. The van der Waals surface area contributed by atoms with Gasteiger partial charge >= 0.3 is 0 Å². The van der Waals surface area contributed by atoms with Gasteiger partial charge in [-0.3, -0.25) is 4.79 Å². The molecule has 1 aliphatic heterocycles. The minimum Gasteiger partial charge on any atom is -0.489 e. The van der Waals surface area contributed by atoms with Gasteiger partial charge in [0, 0.05) is 34.3 Å². The maximum Gasteiger partial charge on any atom is 0.252 e. The summed E-state index contributed by atoms with van der Waals surface area (Å²) in [4.78, 5) is 21.7. The second-order valence-electron chi connectivity index (χ2n) is 8.50. The highest BCUT2D eigenvalue weighted by atomic mass is 35.5. The third-order valence-electron chi connectivity index (χ3n) is 5.84. The van der Waals surface area contributed by atoms with Gasteiger partial charge in [-0.05, 0) is 62.2 Å². The number of nitrogens with one attached hydrogen (secondary N) is 1. The van der Waals surface area contributed by atoms with Crippen LogP contribution in [0.2, 0.25) is 5.02 Å². The van der Waals surface area contributed by atoms with Crippen molar-refractivity contribution in [2.45, 2.75) is 39.7 Å². The Hall–Kier alpha value is -3.71. The molecule has 3 heterocycles. The Bertz CT molecular complexity index is 1360. The van der Waals surface area contributed by atoms with E-state index < -0.39 is 0 Å². The number of hydrogen-bond acceptors (Lipinski definition) is 5. The lowest BCUT2D eigenvalue weighted by Gasteiger charge is -2.24. The minimum absolute atomic E-state index is 0.0655. The lowest BCUT2D eigenvalue weighted by atomic mass is 9.86. The molecule has 2 aromatic carbocycles. The lowest BCUT2D eigenvalue weighted by molar-refractivity contribution is -0.116. The van der Waals surface area contributed by atoms with E-state index in [1.165, 1.54) is 0 Å². The van der Waals surface area contributed by atoms with Crippen LogP contribution in [0.1, 0.15) is 46.1 Å². The van der Waals surface area contributed by atoms with Gasteiger partial charge in [0.15, 0.2) is 0 Å². The number of halogens is 1. The Morgan fingerprint density at radius 3 is 2.50 bits per heavy atom. The third-order valence-corrected chi connectivity index (χ3v) is 6.07. The van der Waals surface area contributed by atoms with E-state index >= 15 is 0 Å². The largest absolute Gasteiger partial charge is 0.489 e. The summed E-state index contributed by atoms with van der Waals surface area (Å²) in [6.45, 7) is 6.21. The fraction of sp³-hybridized carbons (Fsp3) is 0.231. The molecule has 1 N–H and O–H groups in total. The quantitative estimate of drug-likeness (QED) is 0.425. The highest BCUT2D eigenvalue weighted by Gasteiger charge is 2.33. The van der Waals surface area contributed by atoms with Crippen LogP contribution in [-0.4, -0.2) is 25.7 Å². The molecule has 0 spiro atoms. The number of ether oxygens (including phenoxy) is 1. The lowest BCUT2D eigenvalue weighted by Crippen LogP contribution is -2.25. The van der Waals surface area contributed by atoms with Crippen molar-refractivity contribution in [1.29, 1.82) is 0 Å². The highest BCUT2D eigenvalue weighted by molar-refractivity contribution is 6.30. The zero-order valence-electron chi connectivity index (χ0n) is 19.2. The van der Waals surface area contributed by atoms with Crippen molar-refractivity contribution in [2.24, 2.45) is 0 Å². The molecular weight excluding hydrogens is 450 g/mol. The Kier molecular flexibility index (Phi) is 5.79. The number of rotatable bonds is 5. The first-order valence-corrected chi connectivity index (χ1v) is 11.4. The molecule has 1 amide bonds. The van der Waals surface area contributed by atoms with Crippen LogP contribution in [0.3, 0.4) is 0 Å². The second-order valence-corrected chi connectivity index (χ2v) is 8.94. The maximum absolute atomic E-state index is 12.7. The first-order chi connectivity index (χ1) is 16.4. The molecule has 7 nitrogen and oxygen atoms in total. The molecule has 0 fully saturated rings. The zero-order chi connectivity index (χ0) is 23.8. The molecule has 4 aromatic rings. The van der Waals surface area contributed by atoms with Crippen molar-refractivity contribution < 1.29 is 9.53 Å². The van der Waals surface area contributed by atoms with E-state index in [1.54, 1.807) is 4.68 Å². The summed E-state index contributed by atoms with van der Waals surface area (Å²) in [6.07, 6.45) is 0.343. The first kappa shape index (κ1) is 22.1. The Balaban J connectivity index is 1.43. The van der Waals surface area contributed by atoms with E-state index in [4.69, 9.17) is 16.3 Å². The average molecular weight is 474 g/mol. The van der Waals surface area contributed by atoms with Crippen LogP contribution in [0.5, 0.6) is 5.75 Å². The number of benzene rings is 2. The summed E-state index contributed by atoms with van der Waals surface area (Å²) in [6, 6.07) is 17.4. The van der Waals surface area contributed by atoms with E-state index in [1.807, 2.05) is 75.4 Å². The summed E-state index contributed by atoms with van der Waals surface area (Å²) in [5.41, 5.74) is 5.53. The average Bonchev–Trinajstić information content (AvgIpc) is 3.13. The van der Waals surface area contributed by atoms with Gasteiger partial charge in [0.25, 0.3) is 5.95 Å². The number of amides is 1. The number of nitrogens with zero attached hydrogens (tertiary/aromatic N) is 4. The molecule has 1 aliphatic rings. The number of hydrogen-bond donors (Lipinski definition) is 1. The van der Waals surface area contributed by atoms with E-state index in [0.29, 0.717) is 29.8 Å². The molecule has 0 bridgehead atoms. The second kappa shape index (κ2) is 8.91. The standard InChI is InChI=1S/C26H24ClN5O2/c1-15-11-16(2)29-26(28-15)32-25-24(17(3)31-32)22(13-23(33)30-25)19-7-9-21(10-8-19)34-14-18-5-4-6-20(27)12-18/h4-12,22H,13-14H2,1-3H3,(H,30,33). The van der Waals surface area contributed by atoms with Crippen molar-refractivity contribution in [1.82, 2.24) is 19.7 Å². The zero-order valence-corrected chi connectivity index (χ0v) is 19.9. The van der Waals surface area contributed by atoms with Crippen LogP contribution >= 0.6 is 11.6 Å². The van der Waals surface area contributed by atoms with Gasteiger partial charge in [-0.15, -0.1) is 0 Å². The van der Waals surface area contributed by atoms with Gasteiger partial charge in [0.1, 0.15) is 18.2 Å². The normalized spacial score (nSPS) is 15.1. The SMILES string of the molecule is Cc1cc(C)nc(-n2nc(C)c3c2NC(=O)CC3c2ccc(OCc3cccc(Cl)c3)cc2)n1. The van der Waals surface area contributed by atoms with Crippen molar-refractivity contribution >= 4 is 23.3 Å². The molecule has 0 radical (unpaired) electrons. The summed E-state index contributed by atoms with van der Waals surface area (Å²) in [7, 11) is 0. The number of fused-ring (bicyclic) bond motifs is 1. The van der Waals surface area contributed by atoms with Gasteiger partial charge < -0.3 is 10.1 Å². The van der Waals surface area contributed by atoms with Gasteiger partial charge in [-0.2, -0.15) is 9.78 Å². The Morgan fingerprint density at radius 1 is 1.06 bits per heavy atom. The van der Waals surface area contributed by atoms with Crippen molar-refractivity contribution in [3.05, 3.63) is 93.4 Å². The van der Waals surface area contributed by atoms with Crippen LogP contribution in [-0.2, 0) is 11.4 Å². The highest BCUT2D eigenvalue weighted by Crippen LogP contribution is 2.40. The topological polar surface area (TPSA) is 81.9 Å². The summed E-state index contributed by atoms with van der Waals surface area (Å²) in [5, 5.41) is 8.36. The molecule has 0 aliphatic carbocycles. The van der Waals surface area contributed by atoms with Crippen LogP contribution in [0.25, 0.3) is 5.95 Å². The van der Waals surface area contributed by atoms with Gasteiger partial charge in [0.05, 0.1) is 5.69 Å². The fourth-order valence-electron chi connectivity index (χ4n) is 4.37. The monoisotopic (exact) mass is 473 g/mol. The smallest absolute Gasteiger partial charge is 0.252 e. The van der Waals surface area contributed by atoms with Gasteiger partial charge in [-0.1, -0.05) is 35.9 Å². The molecule has 2 aromatic heterocycles. The molecule has 0 saturated carbocycles. The summed E-state index contributed by atoms with van der Waals surface area (Å²) in [5.74, 6) is 1.65. The number of carbonyl (C=O) groups excluding carboxylic acids is 1. The number of aromatic nitrogens is 4. The predicted molar refractivity (Wildman–Crippen MR) is 131 cm³/mol. The number of carbonyl (C=O) groups is 1. The Labute approximate surface area is 202 Å².